The molecule has 1 fully saturated rings. The average molecular weight is 473 g/mol. The summed E-state index contributed by atoms with van der Waals surface area (Å²) in [5, 5.41) is 13.4. The second-order valence-corrected chi connectivity index (χ2v) is 8.90. The van der Waals surface area contributed by atoms with Crippen molar-refractivity contribution in [2.24, 2.45) is 10.2 Å². The zero-order chi connectivity index (χ0) is 23.8. The Morgan fingerprint density at radius 1 is 1.06 bits per heavy atom. The lowest BCUT2D eigenvalue weighted by Gasteiger charge is -2.07. The zero-order valence-corrected chi connectivity index (χ0v) is 19.4. The molecule has 3 aromatic rings. The molecule has 172 valence electrons. The van der Waals surface area contributed by atoms with E-state index in [0.29, 0.717) is 17.5 Å². The van der Waals surface area contributed by atoms with E-state index in [2.05, 4.69) is 20.8 Å². The smallest absolute Gasteiger partial charge is 0.240 e. The van der Waals surface area contributed by atoms with Gasteiger partial charge in [-0.05, 0) is 54.4 Å². The van der Waals surface area contributed by atoms with Crippen LogP contribution in [0.1, 0.15) is 23.1 Å². The highest BCUT2D eigenvalue weighted by atomic mass is 32.2. The van der Waals surface area contributed by atoms with E-state index in [1.165, 1.54) is 11.8 Å². The summed E-state index contributed by atoms with van der Waals surface area (Å²) in [6.07, 6.45) is 1.65. The van der Waals surface area contributed by atoms with Crippen molar-refractivity contribution in [3.8, 4) is 5.75 Å². The lowest BCUT2D eigenvalue weighted by molar-refractivity contribution is -0.122. The molecule has 4 rings (SSSR count). The van der Waals surface area contributed by atoms with Crippen molar-refractivity contribution in [3.05, 3.63) is 95.6 Å². The molecule has 1 aliphatic rings. The van der Waals surface area contributed by atoms with Gasteiger partial charge in [0.25, 0.3) is 0 Å². The fraction of sp³-hybridized carbons (Fsp3) is 0.154. The molecule has 1 saturated heterocycles. The van der Waals surface area contributed by atoms with Crippen LogP contribution in [0.25, 0.3) is 0 Å². The molecule has 1 atom stereocenters. The number of benzene rings is 3. The Balaban J connectivity index is 1.25. The van der Waals surface area contributed by atoms with E-state index < -0.39 is 5.25 Å². The highest BCUT2D eigenvalue weighted by molar-refractivity contribution is 8.15. The van der Waals surface area contributed by atoms with Crippen molar-refractivity contribution in [2.75, 3.05) is 5.32 Å². The molecule has 2 N–H and O–H groups in total. The summed E-state index contributed by atoms with van der Waals surface area (Å²) in [5.74, 6) is 0.284. The summed E-state index contributed by atoms with van der Waals surface area (Å²) in [4.78, 5) is 24.5. The number of aryl methyl sites for hydroxylation is 1. The van der Waals surface area contributed by atoms with Gasteiger partial charge in [0.1, 0.15) is 17.6 Å². The third kappa shape index (κ3) is 6.79. The van der Waals surface area contributed by atoms with Crippen molar-refractivity contribution in [1.29, 1.82) is 0 Å². The van der Waals surface area contributed by atoms with Crippen LogP contribution in [-0.2, 0) is 16.2 Å². The van der Waals surface area contributed by atoms with Gasteiger partial charge in [0, 0.05) is 12.1 Å². The van der Waals surface area contributed by atoms with Crippen LogP contribution in [0.3, 0.4) is 0 Å². The first-order chi connectivity index (χ1) is 16.5. The molecule has 0 aliphatic carbocycles. The highest BCUT2D eigenvalue weighted by Crippen LogP contribution is 2.23. The molecule has 1 unspecified atom stereocenters. The minimum atomic E-state index is -0.541. The summed E-state index contributed by atoms with van der Waals surface area (Å²) in [5.41, 5.74) is 3.76. The molecular weight excluding hydrogens is 448 g/mol. The van der Waals surface area contributed by atoms with E-state index in [4.69, 9.17) is 4.74 Å². The highest BCUT2D eigenvalue weighted by Gasteiger charge is 2.32. The van der Waals surface area contributed by atoms with Gasteiger partial charge < -0.3 is 15.4 Å². The van der Waals surface area contributed by atoms with E-state index in [0.717, 1.165) is 22.4 Å². The van der Waals surface area contributed by atoms with Crippen LogP contribution >= 0.6 is 11.8 Å². The molecule has 3 aromatic carbocycles. The number of rotatable bonds is 8. The number of carbonyl (C=O) groups is 2. The lowest BCUT2D eigenvalue weighted by Crippen LogP contribution is -2.28. The van der Waals surface area contributed by atoms with Gasteiger partial charge in [-0.2, -0.15) is 5.10 Å². The third-order valence-corrected chi connectivity index (χ3v) is 6.04. The lowest BCUT2D eigenvalue weighted by atomic mass is 10.2. The second-order valence-electron chi connectivity index (χ2n) is 7.71. The van der Waals surface area contributed by atoms with E-state index in [9.17, 15) is 9.59 Å². The zero-order valence-electron chi connectivity index (χ0n) is 18.6. The Morgan fingerprint density at radius 3 is 2.53 bits per heavy atom. The third-order valence-electron chi connectivity index (χ3n) is 4.97. The van der Waals surface area contributed by atoms with Gasteiger partial charge in [0.2, 0.25) is 11.8 Å². The predicted molar refractivity (Wildman–Crippen MR) is 136 cm³/mol. The summed E-state index contributed by atoms with van der Waals surface area (Å²) < 4.78 is 5.78. The number of nitrogens with zero attached hydrogens (tertiary/aromatic N) is 2. The summed E-state index contributed by atoms with van der Waals surface area (Å²) in [6, 6.07) is 24.9. The molecule has 0 radical (unpaired) electrons. The van der Waals surface area contributed by atoms with Crippen molar-refractivity contribution >= 4 is 40.6 Å². The van der Waals surface area contributed by atoms with Gasteiger partial charge in [0.15, 0.2) is 5.17 Å². The maximum atomic E-state index is 12.3. The average Bonchev–Trinajstić information content (AvgIpc) is 3.19. The standard InChI is InChI=1S/C26H24N4O3S/c1-18-7-11-21(12-8-18)28-24(31)15-23-25(32)29-26(34-23)30-27-16-19-9-13-22(14-10-19)33-17-20-5-3-2-4-6-20/h2-14,16,23H,15,17H2,1H3,(H,28,31)(H,29,30,32). The second kappa shape index (κ2) is 11.3. The van der Waals surface area contributed by atoms with Crippen molar-refractivity contribution in [3.63, 3.8) is 0 Å². The number of hydrogen-bond acceptors (Lipinski definition) is 6. The van der Waals surface area contributed by atoms with E-state index in [1.54, 1.807) is 6.21 Å². The Morgan fingerprint density at radius 2 is 1.79 bits per heavy atom. The largest absolute Gasteiger partial charge is 0.489 e. The fourth-order valence-corrected chi connectivity index (χ4v) is 4.07. The molecule has 1 heterocycles. The van der Waals surface area contributed by atoms with Crippen molar-refractivity contribution in [1.82, 2.24) is 5.32 Å². The predicted octanol–water partition coefficient (Wildman–Crippen LogP) is 4.52. The van der Waals surface area contributed by atoms with Crippen molar-refractivity contribution in [2.45, 2.75) is 25.2 Å². The normalized spacial score (nSPS) is 16.6. The maximum absolute atomic E-state index is 12.3. The van der Waals surface area contributed by atoms with Crippen LogP contribution in [0.2, 0.25) is 0 Å². The molecule has 0 aromatic heterocycles. The first kappa shape index (κ1) is 23.3. The van der Waals surface area contributed by atoms with Crippen LogP contribution in [-0.4, -0.2) is 28.4 Å². The van der Waals surface area contributed by atoms with Crippen LogP contribution in [0.15, 0.2) is 89.1 Å². The van der Waals surface area contributed by atoms with Gasteiger partial charge in [-0.3, -0.25) is 9.59 Å². The number of amides is 2. The number of anilines is 1. The number of hydrogen-bond donors (Lipinski definition) is 2. The number of ether oxygens (including phenoxy) is 1. The number of nitrogens with one attached hydrogen (secondary N) is 2. The molecule has 0 saturated carbocycles. The van der Waals surface area contributed by atoms with Crippen molar-refractivity contribution < 1.29 is 14.3 Å². The Kier molecular flexibility index (Phi) is 7.72. The van der Waals surface area contributed by atoms with Gasteiger partial charge in [0.05, 0.1) is 6.21 Å². The summed E-state index contributed by atoms with van der Waals surface area (Å²) >= 11 is 1.20. The van der Waals surface area contributed by atoms with Gasteiger partial charge >= 0.3 is 0 Å². The quantitative estimate of drug-likeness (QED) is 0.372. The number of thioether (sulfide) groups is 1. The topological polar surface area (TPSA) is 92.2 Å². The van der Waals surface area contributed by atoms with Gasteiger partial charge in [-0.25, -0.2) is 0 Å². The SMILES string of the molecule is Cc1ccc(NC(=O)CC2SC(=NN=Cc3ccc(OCc4ccccc4)cc3)NC2=O)cc1. The fourth-order valence-electron chi connectivity index (χ4n) is 3.14. The minimum absolute atomic E-state index is 0.0531. The Labute approximate surface area is 202 Å². The molecular formula is C26H24N4O3S. The van der Waals surface area contributed by atoms with Gasteiger partial charge in [-0.1, -0.05) is 59.8 Å². The molecule has 1 aliphatic heterocycles. The molecule has 0 spiro atoms. The van der Waals surface area contributed by atoms with Crippen LogP contribution < -0.4 is 15.4 Å². The first-order valence-electron chi connectivity index (χ1n) is 10.8. The summed E-state index contributed by atoms with van der Waals surface area (Å²) in [6.45, 7) is 2.48. The first-order valence-corrected chi connectivity index (χ1v) is 11.6. The maximum Gasteiger partial charge on any atom is 0.240 e. The number of carbonyl (C=O) groups excluding carboxylic acids is 2. The van der Waals surface area contributed by atoms with E-state index in [-0.39, 0.29) is 18.2 Å². The number of amidine groups is 1. The Hall–Kier alpha value is -3.91. The van der Waals surface area contributed by atoms with E-state index in [1.807, 2.05) is 85.8 Å². The summed E-state index contributed by atoms with van der Waals surface area (Å²) in [7, 11) is 0. The van der Waals surface area contributed by atoms with E-state index >= 15 is 0 Å². The van der Waals surface area contributed by atoms with Crippen LogP contribution in [0, 0.1) is 6.92 Å². The molecule has 34 heavy (non-hydrogen) atoms. The Bertz CT molecular complexity index is 1190. The van der Waals surface area contributed by atoms with Crippen LogP contribution in [0.4, 0.5) is 5.69 Å². The molecule has 8 heteroatoms. The molecule has 7 nitrogen and oxygen atoms in total. The minimum Gasteiger partial charge on any atom is -0.489 e. The monoisotopic (exact) mass is 472 g/mol. The van der Waals surface area contributed by atoms with Crippen LogP contribution in [0.5, 0.6) is 5.75 Å². The molecule has 2 amide bonds. The van der Waals surface area contributed by atoms with Gasteiger partial charge in [-0.15, -0.1) is 5.10 Å². The molecule has 0 bridgehead atoms.